The van der Waals surface area contributed by atoms with Crippen LogP contribution < -0.4 is 0 Å². The molecule has 0 bridgehead atoms. The predicted octanol–water partition coefficient (Wildman–Crippen LogP) is 5.00. The van der Waals surface area contributed by atoms with E-state index >= 15 is 0 Å². The van der Waals surface area contributed by atoms with E-state index in [0.29, 0.717) is 12.2 Å². The summed E-state index contributed by atoms with van der Waals surface area (Å²) in [4.78, 5) is 12.1. The highest BCUT2D eigenvalue weighted by atomic mass is 16.1. The van der Waals surface area contributed by atoms with E-state index < -0.39 is 0 Å². The number of aromatic nitrogens is 1. The lowest BCUT2D eigenvalue weighted by atomic mass is 9.76. The van der Waals surface area contributed by atoms with Crippen LogP contribution in [0, 0.1) is 5.41 Å². The first-order valence-corrected chi connectivity index (χ1v) is 8.25. The van der Waals surface area contributed by atoms with Crippen LogP contribution in [0.25, 0.3) is 0 Å². The monoisotopic (exact) mass is 275 g/mol. The zero-order chi connectivity index (χ0) is 14.6. The molecule has 1 aliphatic carbocycles. The molecule has 0 fully saturated rings. The largest absolute Gasteiger partial charge is 0.351 e. The molecule has 0 amide bonds. The van der Waals surface area contributed by atoms with Gasteiger partial charge in [-0.1, -0.05) is 52.9 Å². The molecule has 1 aliphatic rings. The maximum Gasteiger partial charge on any atom is 0.165 e. The molecule has 2 heteroatoms. The van der Waals surface area contributed by atoms with E-state index in [2.05, 4.69) is 31.5 Å². The van der Waals surface area contributed by atoms with Gasteiger partial charge in [0.25, 0.3) is 0 Å². The Balaban J connectivity index is 1.89. The van der Waals surface area contributed by atoms with Gasteiger partial charge in [0.15, 0.2) is 5.78 Å². The number of hydrogen-bond acceptors (Lipinski definition) is 1. The fourth-order valence-electron chi connectivity index (χ4n) is 3.27. The van der Waals surface area contributed by atoms with Gasteiger partial charge < -0.3 is 4.57 Å². The average Bonchev–Trinajstić information content (AvgIpc) is 2.75. The van der Waals surface area contributed by atoms with Gasteiger partial charge in [-0.25, -0.2) is 0 Å². The quantitative estimate of drug-likeness (QED) is 0.642. The third-order valence-electron chi connectivity index (χ3n) is 4.42. The fraction of sp³-hybridized carbons (Fsp3) is 0.722. The summed E-state index contributed by atoms with van der Waals surface area (Å²) < 4.78 is 2.33. The second-order valence-electron chi connectivity index (χ2n) is 7.08. The van der Waals surface area contributed by atoms with E-state index in [-0.39, 0.29) is 5.41 Å². The highest BCUT2D eigenvalue weighted by Gasteiger charge is 2.32. The number of carbonyl (C=O) groups excluding carboxylic acids is 1. The van der Waals surface area contributed by atoms with Gasteiger partial charge in [-0.05, 0) is 24.3 Å². The lowest BCUT2D eigenvalue weighted by Crippen LogP contribution is -2.28. The van der Waals surface area contributed by atoms with Gasteiger partial charge in [-0.2, -0.15) is 0 Å². The van der Waals surface area contributed by atoms with Gasteiger partial charge in [-0.3, -0.25) is 4.79 Å². The van der Waals surface area contributed by atoms with Crippen LogP contribution in [0.4, 0.5) is 0 Å². The Morgan fingerprint density at radius 2 is 1.80 bits per heavy atom. The molecule has 1 aromatic rings. The van der Waals surface area contributed by atoms with Crippen molar-refractivity contribution in [2.75, 3.05) is 0 Å². The smallest absolute Gasteiger partial charge is 0.165 e. The Labute approximate surface area is 123 Å². The lowest BCUT2D eigenvalue weighted by molar-refractivity contribution is 0.0910. The van der Waals surface area contributed by atoms with Gasteiger partial charge in [0.05, 0.1) is 0 Å². The first kappa shape index (κ1) is 15.3. The molecule has 0 N–H and O–H groups in total. The molecule has 0 unspecified atom stereocenters. The van der Waals surface area contributed by atoms with E-state index in [9.17, 15) is 4.79 Å². The summed E-state index contributed by atoms with van der Waals surface area (Å²) in [5.41, 5.74) is 2.39. The maximum absolute atomic E-state index is 12.1. The molecule has 112 valence electrons. The van der Waals surface area contributed by atoms with Crippen LogP contribution >= 0.6 is 0 Å². The Morgan fingerprint density at radius 3 is 2.55 bits per heavy atom. The van der Waals surface area contributed by atoms with Crippen molar-refractivity contribution in [1.29, 1.82) is 0 Å². The molecule has 2 rings (SSSR count). The summed E-state index contributed by atoms with van der Waals surface area (Å²) in [6.07, 6.45) is 11.8. The standard InChI is InChI=1S/C18H29NO/c1-4-5-6-7-8-9-11-19-12-10-15-16(19)13-18(2,3)14-17(15)20/h10,12H,4-9,11,13-14H2,1-3H3. The normalized spacial score (nSPS) is 17.2. The van der Waals surface area contributed by atoms with Crippen molar-refractivity contribution in [2.24, 2.45) is 5.41 Å². The van der Waals surface area contributed by atoms with Gasteiger partial charge in [0, 0.05) is 30.4 Å². The van der Waals surface area contributed by atoms with Crippen LogP contribution in [0.15, 0.2) is 12.3 Å². The van der Waals surface area contributed by atoms with Crippen LogP contribution in [-0.2, 0) is 13.0 Å². The summed E-state index contributed by atoms with van der Waals surface area (Å²) in [5.74, 6) is 0.331. The lowest BCUT2D eigenvalue weighted by Gasteiger charge is -2.29. The topological polar surface area (TPSA) is 22.0 Å². The number of rotatable bonds is 7. The fourth-order valence-corrected chi connectivity index (χ4v) is 3.27. The highest BCUT2D eigenvalue weighted by Crippen LogP contribution is 2.35. The van der Waals surface area contributed by atoms with Crippen molar-refractivity contribution < 1.29 is 4.79 Å². The number of unbranched alkanes of at least 4 members (excludes halogenated alkanes) is 5. The van der Waals surface area contributed by atoms with Crippen LogP contribution in [0.1, 0.15) is 81.8 Å². The molecule has 0 aliphatic heterocycles. The Bertz CT molecular complexity index is 456. The van der Waals surface area contributed by atoms with Crippen LogP contribution in [0.5, 0.6) is 0 Å². The summed E-state index contributed by atoms with van der Waals surface area (Å²) >= 11 is 0. The number of Topliss-reactive ketones (excluding diaryl/α,β-unsaturated/α-hetero) is 1. The van der Waals surface area contributed by atoms with Crippen molar-refractivity contribution >= 4 is 5.78 Å². The van der Waals surface area contributed by atoms with E-state index in [1.807, 2.05) is 6.07 Å². The number of ketones is 1. The SMILES string of the molecule is CCCCCCCCn1ccc2c1CC(C)(C)CC2=O. The first-order chi connectivity index (χ1) is 9.53. The molecule has 20 heavy (non-hydrogen) atoms. The Hall–Kier alpha value is -1.05. The Kier molecular flexibility index (Phi) is 5.06. The zero-order valence-corrected chi connectivity index (χ0v) is 13.4. The molecule has 0 spiro atoms. The third-order valence-corrected chi connectivity index (χ3v) is 4.42. The van der Waals surface area contributed by atoms with E-state index in [1.54, 1.807) is 0 Å². The minimum absolute atomic E-state index is 0.126. The number of nitrogens with zero attached hydrogens (tertiary/aromatic N) is 1. The van der Waals surface area contributed by atoms with E-state index in [1.165, 1.54) is 44.2 Å². The minimum Gasteiger partial charge on any atom is -0.351 e. The second kappa shape index (κ2) is 6.60. The third kappa shape index (κ3) is 3.74. The first-order valence-electron chi connectivity index (χ1n) is 8.25. The summed E-state index contributed by atoms with van der Waals surface area (Å²) in [6.45, 7) is 7.74. The van der Waals surface area contributed by atoms with Crippen molar-refractivity contribution in [3.05, 3.63) is 23.5 Å². The Morgan fingerprint density at radius 1 is 1.10 bits per heavy atom. The summed E-state index contributed by atoms with van der Waals surface area (Å²) in [7, 11) is 0. The molecule has 2 nitrogen and oxygen atoms in total. The highest BCUT2D eigenvalue weighted by molar-refractivity contribution is 5.98. The maximum atomic E-state index is 12.1. The van der Waals surface area contributed by atoms with Gasteiger partial charge in [-0.15, -0.1) is 0 Å². The molecule has 1 heterocycles. The number of hydrogen-bond donors (Lipinski definition) is 0. The predicted molar refractivity (Wildman–Crippen MR) is 84.2 cm³/mol. The zero-order valence-electron chi connectivity index (χ0n) is 13.4. The molecule has 0 aromatic carbocycles. The molecular formula is C18H29NO. The van der Waals surface area contributed by atoms with Gasteiger partial charge in [0.1, 0.15) is 0 Å². The minimum atomic E-state index is 0.126. The molecule has 0 radical (unpaired) electrons. The number of carbonyl (C=O) groups is 1. The number of fused-ring (bicyclic) bond motifs is 1. The molecule has 0 atom stereocenters. The molecule has 1 aromatic heterocycles. The summed E-state index contributed by atoms with van der Waals surface area (Å²) in [5, 5.41) is 0. The van der Waals surface area contributed by atoms with Crippen LogP contribution in [-0.4, -0.2) is 10.4 Å². The van der Waals surface area contributed by atoms with Gasteiger partial charge in [0.2, 0.25) is 0 Å². The van der Waals surface area contributed by atoms with Gasteiger partial charge >= 0.3 is 0 Å². The van der Waals surface area contributed by atoms with Crippen molar-refractivity contribution in [1.82, 2.24) is 4.57 Å². The molecule has 0 saturated heterocycles. The van der Waals surface area contributed by atoms with Crippen molar-refractivity contribution in [3.8, 4) is 0 Å². The van der Waals surface area contributed by atoms with E-state index in [0.717, 1.165) is 18.5 Å². The second-order valence-corrected chi connectivity index (χ2v) is 7.08. The summed E-state index contributed by atoms with van der Waals surface area (Å²) in [6, 6.07) is 2.03. The van der Waals surface area contributed by atoms with Crippen LogP contribution in [0.3, 0.4) is 0 Å². The van der Waals surface area contributed by atoms with Crippen LogP contribution in [0.2, 0.25) is 0 Å². The van der Waals surface area contributed by atoms with Crippen molar-refractivity contribution in [2.45, 2.75) is 78.7 Å². The molecular weight excluding hydrogens is 246 g/mol. The van der Waals surface area contributed by atoms with E-state index in [4.69, 9.17) is 0 Å². The molecule has 0 saturated carbocycles. The number of aryl methyl sites for hydroxylation is 1. The van der Waals surface area contributed by atoms with Crippen molar-refractivity contribution in [3.63, 3.8) is 0 Å². The average molecular weight is 275 g/mol.